The fourth-order valence-corrected chi connectivity index (χ4v) is 13.4. The second-order valence-corrected chi connectivity index (χ2v) is 18.3. The summed E-state index contributed by atoms with van der Waals surface area (Å²) in [6, 6.07) is 8.70. The van der Waals surface area contributed by atoms with Crippen LogP contribution in [0.3, 0.4) is 0 Å². The predicted octanol–water partition coefficient (Wildman–Crippen LogP) is 0.850. The number of hydrogen-bond acceptors (Lipinski definition) is 8. The van der Waals surface area contributed by atoms with Gasteiger partial charge in [-0.2, -0.15) is 0 Å². The minimum absolute atomic E-state index is 0.0502. The van der Waals surface area contributed by atoms with Gasteiger partial charge in [-0.3, -0.25) is 0 Å². The molecular weight excluding hydrogens is 737 g/mol. The molecule has 0 N–H and O–H groups in total. The SMILES string of the molecule is C[C@H]1CN([I-]N2CCCN(S(=O)(=O)c3cccc4cncc(F)c34)[C@@H](C)C2)CCCN1S(=O)(=O)c1cccc2cncc(F)c12. The first-order valence-electron chi connectivity index (χ1n) is 14.7. The molecule has 15 heteroatoms. The summed E-state index contributed by atoms with van der Waals surface area (Å²) < 4.78 is 92.6. The molecule has 6 rings (SSSR count). The van der Waals surface area contributed by atoms with E-state index >= 15 is 0 Å². The van der Waals surface area contributed by atoms with Crippen LogP contribution in [0.5, 0.6) is 0 Å². The summed E-state index contributed by atoms with van der Waals surface area (Å²) in [6.45, 7) is 6.80. The Morgan fingerprint density at radius 1 is 0.667 bits per heavy atom. The van der Waals surface area contributed by atoms with Gasteiger partial charge in [-0.15, -0.1) is 0 Å². The summed E-state index contributed by atoms with van der Waals surface area (Å²) in [5.74, 6) is -1.34. The molecule has 2 atom stereocenters. The van der Waals surface area contributed by atoms with E-state index in [9.17, 15) is 25.6 Å². The van der Waals surface area contributed by atoms with Crippen LogP contribution in [0.25, 0.3) is 21.5 Å². The predicted molar refractivity (Wildman–Crippen MR) is 162 cm³/mol. The molecule has 2 aromatic heterocycles. The molecule has 10 nitrogen and oxygen atoms in total. The first-order chi connectivity index (χ1) is 21.5. The van der Waals surface area contributed by atoms with Crippen molar-refractivity contribution in [1.29, 1.82) is 0 Å². The number of sulfonamides is 2. The number of nitrogens with zero attached hydrogens (tertiary/aromatic N) is 6. The summed E-state index contributed by atoms with van der Waals surface area (Å²) in [5, 5.41) is 0.961. The molecule has 2 aliphatic rings. The van der Waals surface area contributed by atoms with E-state index in [0.29, 0.717) is 62.9 Å². The molecule has 0 amide bonds. The Balaban J connectivity index is 1.16. The van der Waals surface area contributed by atoms with Crippen LogP contribution in [-0.2, 0) is 20.0 Å². The van der Waals surface area contributed by atoms with Gasteiger partial charge in [0, 0.05) is 0 Å². The van der Waals surface area contributed by atoms with E-state index in [0.717, 1.165) is 12.4 Å². The average Bonchev–Trinajstić information content (AvgIpc) is 3.31. The molecule has 4 heterocycles. The second kappa shape index (κ2) is 13.0. The number of aromatic nitrogens is 2. The maximum atomic E-state index is 14.8. The number of pyridine rings is 2. The topological polar surface area (TPSA) is 107 Å². The summed E-state index contributed by atoms with van der Waals surface area (Å²) in [5.41, 5.74) is 0. The Morgan fingerprint density at radius 3 is 1.51 bits per heavy atom. The molecule has 0 spiro atoms. The van der Waals surface area contributed by atoms with Crippen molar-refractivity contribution in [3.05, 3.63) is 72.8 Å². The van der Waals surface area contributed by atoms with Crippen molar-refractivity contribution >= 4 is 41.6 Å². The maximum absolute atomic E-state index is 14.8. The zero-order valence-corrected chi connectivity index (χ0v) is 28.6. The third-order valence-corrected chi connectivity index (χ3v) is 15.3. The van der Waals surface area contributed by atoms with Gasteiger partial charge in [0.15, 0.2) is 0 Å². The summed E-state index contributed by atoms with van der Waals surface area (Å²) in [4.78, 5) is 7.61. The molecule has 4 aromatic rings. The zero-order valence-electron chi connectivity index (χ0n) is 24.9. The molecule has 0 bridgehead atoms. The van der Waals surface area contributed by atoms with Gasteiger partial charge < -0.3 is 0 Å². The molecule has 0 saturated carbocycles. The average molecular weight is 772 g/mol. The first-order valence-corrected chi connectivity index (χ1v) is 19.5. The van der Waals surface area contributed by atoms with E-state index < -0.39 is 53.4 Å². The van der Waals surface area contributed by atoms with E-state index in [1.807, 2.05) is 13.8 Å². The van der Waals surface area contributed by atoms with Crippen LogP contribution in [0, 0.1) is 11.6 Å². The number of hydrogen-bond donors (Lipinski definition) is 0. The van der Waals surface area contributed by atoms with E-state index in [1.54, 1.807) is 24.3 Å². The quantitative estimate of drug-likeness (QED) is 0.210. The Kier molecular flexibility index (Phi) is 9.40. The minimum atomic E-state index is -3.99. The van der Waals surface area contributed by atoms with Crippen molar-refractivity contribution in [2.45, 2.75) is 48.6 Å². The van der Waals surface area contributed by atoms with Crippen LogP contribution in [0.2, 0.25) is 0 Å². The van der Waals surface area contributed by atoms with Crippen molar-refractivity contribution < 1.29 is 47.4 Å². The van der Waals surface area contributed by atoms with Crippen molar-refractivity contribution in [1.82, 2.24) is 24.8 Å². The molecule has 2 aliphatic heterocycles. The summed E-state index contributed by atoms with van der Waals surface area (Å²) >= 11 is -0.711. The normalized spacial score (nSPS) is 22.1. The Labute approximate surface area is 273 Å². The molecule has 242 valence electrons. The van der Waals surface area contributed by atoms with Crippen LogP contribution in [0.15, 0.2) is 71.0 Å². The Hall–Kier alpha value is -2.41. The molecule has 2 fully saturated rings. The molecular formula is C30H34F2IN6O4S2-. The van der Waals surface area contributed by atoms with Crippen molar-refractivity contribution in [3.63, 3.8) is 0 Å². The first kappa shape index (κ1) is 32.5. The van der Waals surface area contributed by atoms with Gasteiger partial charge in [-0.05, 0) is 0 Å². The van der Waals surface area contributed by atoms with Crippen LogP contribution in [0.4, 0.5) is 8.78 Å². The van der Waals surface area contributed by atoms with Crippen molar-refractivity contribution in [3.8, 4) is 0 Å². The van der Waals surface area contributed by atoms with E-state index in [2.05, 4.69) is 16.2 Å². The zero-order chi connectivity index (χ0) is 31.9. The monoisotopic (exact) mass is 771 g/mol. The van der Waals surface area contributed by atoms with Gasteiger partial charge in [0.25, 0.3) is 0 Å². The Bertz CT molecular complexity index is 1800. The second-order valence-electron chi connectivity index (χ2n) is 11.4. The van der Waals surface area contributed by atoms with E-state index in [4.69, 9.17) is 0 Å². The van der Waals surface area contributed by atoms with Gasteiger partial charge in [0.2, 0.25) is 0 Å². The van der Waals surface area contributed by atoms with Gasteiger partial charge in [0.05, 0.1) is 0 Å². The third kappa shape index (κ3) is 6.32. The molecule has 0 radical (unpaired) electrons. The molecule has 2 saturated heterocycles. The van der Waals surface area contributed by atoms with Gasteiger partial charge >= 0.3 is 274 Å². The van der Waals surface area contributed by atoms with Gasteiger partial charge in [-0.25, -0.2) is 0 Å². The summed E-state index contributed by atoms with van der Waals surface area (Å²) in [7, 11) is -7.98. The Morgan fingerprint density at radius 2 is 1.09 bits per heavy atom. The van der Waals surface area contributed by atoms with Crippen LogP contribution in [0.1, 0.15) is 26.7 Å². The standard InChI is InChI=1S/C30H34F2IN6O4S2/c1-21-19-36(11-5-13-38(21)44(40,41)27-9-3-7-23-15-34-17-25(31)29(23)27)33-37-12-6-14-39(22(2)20-37)45(42,43)28-10-4-8-24-16-35-18-26(32)30(24)28/h3-4,7-10,15-18,21-22H,5-6,11-14,19-20H2,1-2H3/q-1/t21-,22-/m0/s1. The third-order valence-electron chi connectivity index (χ3n) is 8.25. The summed E-state index contributed by atoms with van der Waals surface area (Å²) in [6.07, 6.45) is 6.22. The number of rotatable bonds is 6. The van der Waals surface area contributed by atoms with Gasteiger partial charge in [0.1, 0.15) is 0 Å². The molecule has 0 unspecified atom stereocenters. The van der Waals surface area contributed by atoms with Gasteiger partial charge in [-0.1, -0.05) is 0 Å². The molecule has 45 heavy (non-hydrogen) atoms. The van der Waals surface area contributed by atoms with Crippen LogP contribution in [-0.4, -0.2) is 93.0 Å². The fraction of sp³-hybridized carbons (Fsp3) is 0.400. The van der Waals surface area contributed by atoms with Crippen LogP contribution >= 0.6 is 0 Å². The van der Waals surface area contributed by atoms with Crippen molar-refractivity contribution in [2.75, 3.05) is 39.3 Å². The molecule has 0 aliphatic carbocycles. The number of benzene rings is 2. The molecule has 2 aromatic carbocycles. The number of halogens is 3. The van der Waals surface area contributed by atoms with Crippen molar-refractivity contribution in [2.24, 2.45) is 0 Å². The van der Waals surface area contributed by atoms with E-state index in [1.165, 1.54) is 33.1 Å². The number of fused-ring (bicyclic) bond motifs is 2. The fourth-order valence-electron chi connectivity index (χ4n) is 6.18. The van der Waals surface area contributed by atoms with E-state index in [-0.39, 0.29) is 32.6 Å². The van der Waals surface area contributed by atoms with Crippen LogP contribution < -0.4 is 21.8 Å².